The van der Waals surface area contributed by atoms with Gasteiger partial charge in [-0.25, -0.2) is 0 Å². The van der Waals surface area contributed by atoms with E-state index in [0.717, 1.165) is 10.4 Å². The summed E-state index contributed by atoms with van der Waals surface area (Å²) in [5.74, 6) is -0.305. The Labute approximate surface area is 128 Å². The fraction of sp³-hybridized carbons (Fsp3) is 0.294. The van der Waals surface area contributed by atoms with Gasteiger partial charge in [-0.3, -0.25) is 9.59 Å². The van der Waals surface area contributed by atoms with E-state index in [1.165, 1.54) is 11.3 Å². The SMILES string of the molecule is Cc1ccc(C(=O)CCC(=O)OCCc2ccccc2)s1. The van der Waals surface area contributed by atoms with E-state index in [1.807, 2.05) is 49.4 Å². The minimum absolute atomic E-state index is 0.00751. The van der Waals surface area contributed by atoms with Crippen molar-refractivity contribution in [2.45, 2.75) is 26.2 Å². The van der Waals surface area contributed by atoms with E-state index in [4.69, 9.17) is 4.74 Å². The average molecular weight is 302 g/mol. The molecular formula is C17H18O3S. The number of rotatable bonds is 7. The van der Waals surface area contributed by atoms with Gasteiger partial charge in [0.05, 0.1) is 17.9 Å². The van der Waals surface area contributed by atoms with Crippen molar-refractivity contribution in [3.8, 4) is 0 Å². The van der Waals surface area contributed by atoms with Crippen molar-refractivity contribution < 1.29 is 14.3 Å². The highest BCUT2D eigenvalue weighted by Gasteiger charge is 2.11. The van der Waals surface area contributed by atoms with Crippen LogP contribution in [0.1, 0.15) is 33.0 Å². The van der Waals surface area contributed by atoms with Crippen molar-refractivity contribution in [2.24, 2.45) is 0 Å². The van der Waals surface area contributed by atoms with Crippen LogP contribution in [0.5, 0.6) is 0 Å². The number of carbonyl (C=O) groups is 2. The van der Waals surface area contributed by atoms with Crippen molar-refractivity contribution in [3.63, 3.8) is 0 Å². The maximum absolute atomic E-state index is 11.9. The van der Waals surface area contributed by atoms with Gasteiger partial charge in [-0.05, 0) is 24.6 Å². The van der Waals surface area contributed by atoms with Crippen LogP contribution >= 0.6 is 11.3 Å². The molecule has 4 heteroatoms. The van der Waals surface area contributed by atoms with Crippen LogP contribution in [0.3, 0.4) is 0 Å². The highest BCUT2D eigenvalue weighted by molar-refractivity contribution is 7.14. The monoisotopic (exact) mass is 302 g/mol. The Balaban J connectivity index is 1.67. The van der Waals surface area contributed by atoms with Gasteiger partial charge in [-0.2, -0.15) is 0 Å². The number of thiophene rings is 1. The molecule has 0 aliphatic rings. The van der Waals surface area contributed by atoms with Crippen LogP contribution in [-0.2, 0) is 16.0 Å². The van der Waals surface area contributed by atoms with Gasteiger partial charge in [0.1, 0.15) is 0 Å². The first kappa shape index (κ1) is 15.4. The summed E-state index contributed by atoms with van der Waals surface area (Å²) in [5, 5.41) is 0. The molecule has 21 heavy (non-hydrogen) atoms. The van der Waals surface area contributed by atoms with E-state index in [1.54, 1.807) is 0 Å². The molecule has 0 radical (unpaired) electrons. The topological polar surface area (TPSA) is 43.4 Å². The number of aryl methyl sites for hydroxylation is 1. The Hall–Kier alpha value is -1.94. The predicted octanol–water partition coefficient (Wildman–Crippen LogP) is 3.81. The van der Waals surface area contributed by atoms with Crippen LogP contribution in [-0.4, -0.2) is 18.4 Å². The van der Waals surface area contributed by atoms with E-state index in [2.05, 4.69) is 0 Å². The number of ether oxygens (including phenoxy) is 1. The van der Waals surface area contributed by atoms with Gasteiger partial charge in [0.25, 0.3) is 0 Å². The molecule has 1 aromatic heterocycles. The molecule has 1 aromatic carbocycles. The molecule has 2 aromatic rings. The molecule has 2 rings (SSSR count). The summed E-state index contributed by atoms with van der Waals surface area (Å²) < 4.78 is 5.15. The number of hydrogen-bond acceptors (Lipinski definition) is 4. The second-order valence-electron chi connectivity index (χ2n) is 4.79. The number of carbonyl (C=O) groups excluding carboxylic acids is 2. The van der Waals surface area contributed by atoms with Gasteiger partial charge < -0.3 is 4.74 Å². The molecule has 0 saturated carbocycles. The lowest BCUT2D eigenvalue weighted by atomic mass is 10.2. The summed E-state index contributed by atoms with van der Waals surface area (Å²) in [6.07, 6.45) is 1.05. The van der Waals surface area contributed by atoms with Crippen LogP contribution in [0, 0.1) is 6.92 Å². The Kier molecular flexibility index (Phi) is 5.69. The number of Topliss-reactive ketones (excluding diaryl/α,β-unsaturated/α-hetero) is 1. The van der Waals surface area contributed by atoms with Crippen molar-refractivity contribution in [3.05, 3.63) is 57.8 Å². The van der Waals surface area contributed by atoms with E-state index in [0.29, 0.717) is 17.9 Å². The zero-order valence-electron chi connectivity index (χ0n) is 12.0. The minimum Gasteiger partial charge on any atom is -0.465 e. The number of benzene rings is 1. The molecule has 0 amide bonds. The van der Waals surface area contributed by atoms with Crippen LogP contribution in [0.25, 0.3) is 0 Å². The molecule has 1 heterocycles. The zero-order valence-corrected chi connectivity index (χ0v) is 12.8. The first-order chi connectivity index (χ1) is 10.1. The third kappa shape index (κ3) is 5.16. The zero-order chi connectivity index (χ0) is 15.1. The van der Waals surface area contributed by atoms with E-state index in [9.17, 15) is 9.59 Å². The van der Waals surface area contributed by atoms with E-state index in [-0.39, 0.29) is 24.6 Å². The Morgan fingerprint density at radius 3 is 2.48 bits per heavy atom. The second kappa shape index (κ2) is 7.74. The quantitative estimate of drug-likeness (QED) is 0.577. The smallest absolute Gasteiger partial charge is 0.306 e. The van der Waals surface area contributed by atoms with Crippen molar-refractivity contribution in [1.82, 2.24) is 0 Å². The summed E-state index contributed by atoms with van der Waals surface area (Å²) in [7, 11) is 0. The van der Waals surface area contributed by atoms with Crippen LogP contribution < -0.4 is 0 Å². The van der Waals surface area contributed by atoms with Gasteiger partial charge in [-0.15, -0.1) is 11.3 Å². The Morgan fingerprint density at radius 2 is 1.81 bits per heavy atom. The summed E-state index contributed by atoms with van der Waals surface area (Å²) in [6.45, 7) is 2.31. The lowest BCUT2D eigenvalue weighted by Gasteiger charge is -2.04. The summed E-state index contributed by atoms with van der Waals surface area (Å²) >= 11 is 1.46. The standard InChI is InChI=1S/C17H18O3S/c1-13-7-9-16(21-13)15(18)8-10-17(19)20-12-11-14-5-3-2-4-6-14/h2-7,9H,8,10-12H2,1H3. The fourth-order valence-corrected chi connectivity index (χ4v) is 2.76. The molecule has 3 nitrogen and oxygen atoms in total. The van der Waals surface area contributed by atoms with Gasteiger partial charge in [0, 0.05) is 17.7 Å². The molecule has 0 fully saturated rings. The first-order valence-electron chi connectivity index (χ1n) is 6.94. The maximum atomic E-state index is 11.9. The highest BCUT2D eigenvalue weighted by Crippen LogP contribution is 2.17. The average Bonchev–Trinajstić information content (AvgIpc) is 2.92. The van der Waals surface area contributed by atoms with Gasteiger partial charge >= 0.3 is 5.97 Å². The summed E-state index contributed by atoms with van der Waals surface area (Å²) in [4.78, 5) is 25.3. The largest absolute Gasteiger partial charge is 0.465 e. The minimum atomic E-state index is -0.312. The van der Waals surface area contributed by atoms with E-state index >= 15 is 0 Å². The normalized spacial score (nSPS) is 10.3. The Bertz CT molecular complexity index is 602. The van der Waals surface area contributed by atoms with Crippen molar-refractivity contribution in [1.29, 1.82) is 0 Å². The van der Waals surface area contributed by atoms with E-state index < -0.39 is 0 Å². The molecule has 0 saturated heterocycles. The second-order valence-corrected chi connectivity index (χ2v) is 6.08. The molecule has 0 bridgehead atoms. The number of ketones is 1. The highest BCUT2D eigenvalue weighted by atomic mass is 32.1. The van der Waals surface area contributed by atoms with Crippen LogP contribution in [0.4, 0.5) is 0 Å². The van der Waals surface area contributed by atoms with Crippen LogP contribution in [0.15, 0.2) is 42.5 Å². The summed E-state index contributed by atoms with van der Waals surface area (Å²) in [5.41, 5.74) is 1.13. The molecule has 0 unspecified atom stereocenters. The maximum Gasteiger partial charge on any atom is 0.306 e. The lowest BCUT2D eigenvalue weighted by Crippen LogP contribution is -2.09. The lowest BCUT2D eigenvalue weighted by molar-refractivity contribution is -0.143. The van der Waals surface area contributed by atoms with Gasteiger partial charge in [-0.1, -0.05) is 30.3 Å². The van der Waals surface area contributed by atoms with Gasteiger partial charge in [0.2, 0.25) is 0 Å². The molecule has 0 N–H and O–H groups in total. The predicted molar refractivity (Wildman–Crippen MR) is 83.7 cm³/mol. The molecule has 0 aliphatic carbocycles. The fourth-order valence-electron chi connectivity index (χ4n) is 1.92. The number of hydrogen-bond donors (Lipinski definition) is 0. The summed E-state index contributed by atoms with van der Waals surface area (Å²) in [6, 6.07) is 13.6. The van der Waals surface area contributed by atoms with Crippen LogP contribution in [0.2, 0.25) is 0 Å². The Morgan fingerprint density at radius 1 is 1.05 bits per heavy atom. The molecule has 0 atom stereocenters. The third-order valence-electron chi connectivity index (χ3n) is 3.07. The molecular weight excluding hydrogens is 284 g/mol. The third-order valence-corrected chi connectivity index (χ3v) is 4.11. The van der Waals surface area contributed by atoms with Gasteiger partial charge in [0.15, 0.2) is 5.78 Å². The first-order valence-corrected chi connectivity index (χ1v) is 7.76. The molecule has 110 valence electrons. The van der Waals surface area contributed by atoms with Crippen molar-refractivity contribution in [2.75, 3.05) is 6.61 Å². The van der Waals surface area contributed by atoms with Crippen molar-refractivity contribution >= 4 is 23.1 Å². The molecule has 0 spiro atoms. The molecule has 0 aliphatic heterocycles. The number of esters is 1.